The van der Waals surface area contributed by atoms with Crippen molar-refractivity contribution in [2.24, 2.45) is 16.8 Å². The number of aliphatic imine (C=N–C) groups is 1. The molecule has 7 nitrogen and oxygen atoms in total. The third kappa shape index (κ3) is 5.59. The van der Waals surface area contributed by atoms with Crippen LogP contribution in [0.5, 0.6) is 0 Å². The smallest absolute Gasteiger partial charge is 0.223 e. The maximum Gasteiger partial charge on any atom is 0.223 e. The largest absolute Gasteiger partial charge is 0.393 e. The third-order valence-corrected chi connectivity index (χ3v) is 7.25. The van der Waals surface area contributed by atoms with Gasteiger partial charge in [-0.25, -0.2) is 28.1 Å². The lowest BCUT2D eigenvalue weighted by Gasteiger charge is -2.32. The number of amidine groups is 1. The molecule has 1 aromatic carbocycles. The van der Waals surface area contributed by atoms with Crippen LogP contribution in [0.25, 0.3) is 0 Å². The van der Waals surface area contributed by atoms with E-state index in [0.29, 0.717) is 68.5 Å². The van der Waals surface area contributed by atoms with Crippen LogP contribution in [0.1, 0.15) is 50.6 Å². The van der Waals surface area contributed by atoms with Gasteiger partial charge in [-0.1, -0.05) is 0 Å². The van der Waals surface area contributed by atoms with Crippen LogP contribution in [0.15, 0.2) is 23.3 Å². The maximum absolute atomic E-state index is 14.5. The van der Waals surface area contributed by atoms with Gasteiger partial charge in [-0.3, -0.25) is 0 Å². The lowest BCUT2D eigenvalue weighted by Crippen LogP contribution is -2.32. The molecular formula is C25H30F3N5O2. The van der Waals surface area contributed by atoms with Crippen LogP contribution in [0.3, 0.4) is 0 Å². The zero-order valence-electron chi connectivity index (χ0n) is 19.4. The SMILES string of the molecule is OC1CCC(C2CCc3nc(NC4CCOCC4)ncc3NC2=Nc2c(F)cc(F)cc2F)CC1. The predicted molar refractivity (Wildman–Crippen MR) is 126 cm³/mol. The minimum atomic E-state index is -1.05. The second-order valence-electron chi connectivity index (χ2n) is 9.64. The monoisotopic (exact) mass is 489 g/mol. The number of benzene rings is 1. The topological polar surface area (TPSA) is 91.7 Å². The summed E-state index contributed by atoms with van der Waals surface area (Å²) in [5, 5.41) is 16.6. The molecule has 35 heavy (non-hydrogen) atoms. The van der Waals surface area contributed by atoms with E-state index < -0.39 is 23.1 Å². The standard InChI is InChI=1S/C25H30F3N5O2/c26-15-11-19(27)23(20(28)12-15)33-24-18(14-1-3-17(34)4-2-14)5-6-21-22(31-24)13-29-25(32-21)30-16-7-9-35-10-8-16/h11-14,16-18,34H,1-10H2,(H,31,33)(H,29,30,32). The van der Waals surface area contributed by atoms with Crippen LogP contribution in [0.4, 0.5) is 30.5 Å². The van der Waals surface area contributed by atoms with Gasteiger partial charge in [0.15, 0.2) is 11.6 Å². The first-order valence-electron chi connectivity index (χ1n) is 12.3. The van der Waals surface area contributed by atoms with Crippen LogP contribution < -0.4 is 10.6 Å². The summed E-state index contributed by atoms with van der Waals surface area (Å²) in [4.78, 5) is 13.5. The summed E-state index contributed by atoms with van der Waals surface area (Å²) in [5.74, 6) is -2.04. The number of nitrogens with zero attached hydrogens (tertiary/aromatic N) is 3. The highest BCUT2D eigenvalue weighted by molar-refractivity contribution is 6.00. The number of aliphatic hydroxyl groups excluding tert-OH is 1. The molecule has 5 rings (SSSR count). The molecule has 1 saturated carbocycles. The highest BCUT2D eigenvalue weighted by atomic mass is 19.1. The molecule has 2 fully saturated rings. The van der Waals surface area contributed by atoms with Gasteiger partial charge in [0.2, 0.25) is 5.95 Å². The molecule has 0 amide bonds. The zero-order chi connectivity index (χ0) is 24.4. The average molecular weight is 490 g/mol. The molecule has 2 aliphatic heterocycles. The average Bonchev–Trinajstić information content (AvgIpc) is 3.01. The van der Waals surface area contributed by atoms with Gasteiger partial charge < -0.3 is 20.5 Å². The molecule has 0 bridgehead atoms. The number of aromatic nitrogens is 2. The minimum Gasteiger partial charge on any atom is -0.393 e. The Bertz CT molecular complexity index is 1060. The lowest BCUT2D eigenvalue weighted by molar-refractivity contribution is 0.0903. The van der Waals surface area contributed by atoms with Gasteiger partial charge >= 0.3 is 0 Å². The number of rotatable bonds is 4. The van der Waals surface area contributed by atoms with Crippen molar-refractivity contribution in [3.05, 3.63) is 41.5 Å². The van der Waals surface area contributed by atoms with E-state index in [2.05, 4.69) is 20.6 Å². The number of anilines is 2. The van der Waals surface area contributed by atoms with E-state index in [0.717, 1.165) is 31.4 Å². The number of nitrogens with one attached hydrogen (secondary N) is 2. The molecule has 1 unspecified atom stereocenters. The van der Waals surface area contributed by atoms with Crippen molar-refractivity contribution in [3.8, 4) is 0 Å². The van der Waals surface area contributed by atoms with Gasteiger partial charge in [0.05, 0.1) is 23.7 Å². The Hall–Kier alpha value is -2.72. The van der Waals surface area contributed by atoms with Crippen molar-refractivity contribution in [1.82, 2.24) is 9.97 Å². The van der Waals surface area contributed by atoms with E-state index in [1.165, 1.54) is 0 Å². The zero-order valence-corrected chi connectivity index (χ0v) is 19.4. The van der Waals surface area contributed by atoms with Crippen molar-refractivity contribution in [2.45, 2.75) is 63.5 Å². The molecule has 188 valence electrons. The number of hydrogen-bond donors (Lipinski definition) is 3. The van der Waals surface area contributed by atoms with Gasteiger partial charge in [-0.05, 0) is 57.3 Å². The van der Waals surface area contributed by atoms with Gasteiger partial charge in [0.25, 0.3) is 0 Å². The Balaban J connectivity index is 1.45. The van der Waals surface area contributed by atoms with Crippen molar-refractivity contribution >= 4 is 23.2 Å². The van der Waals surface area contributed by atoms with Gasteiger partial charge in [0.1, 0.15) is 17.3 Å². The third-order valence-electron chi connectivity index (χ3n) is 7.25. The quantitative estimate of drug-likeness (QED) is 0.575. The number of hydrogen-bond acceptors (Lipinski definition) is 6. The number of aliphatic hydroxyl groups is 1. The number of fused-ring (bicyclic) bond motifs is 1. The summed E-state index contributed by atoms with van der Waals surface area (Å²) in [6.07, 6.45) is 7.39. The number of halogens is 3. The lowest BCUT2D eigenvalue weighted by atomic mass is 9.76. The molecule has 0 spiro atoms. The molecule has 1 aromatic heterocycles. The summed E-state index contributed by atoms with van der Waals surface area (Å²) < 4.78 is 47.8. The Morgan fingerprint density at radius 1 is 1.00 bits per heavy atom. The molecular weight excluding hydrogens is 459 g/mol. The van der Waals surface area contributed by atoms with E-state index in [4.69, 9.17) is 9.72 Å². The van der Waals surface area contributed by atoms with Gasteiger partial charge in [0, 0.05) is 37.3 Å². The van der Waals surface area contributed by atoms with Gasteiger partial charge in [-0.2, -0.15) is 0 Å². The first-order valence-corrected chi connectivity index (χ1v) is 12.3. The van der Waals surface area contributed by atoms with E-state index in [-0.39, 0.29) is 24.0 Å². The summed E-state index contributed by atoms with van der Waals surface area (Å²) >= 11 is 0. The predicted octanol–water partition coefficient (Wildman–Crippen LogP) is 4.74. The molecule has 1 saturated heterocycles. The molecule has 1 atom stereocenters. The van der Waals surface area contributed by atoms with Crippen molar-refractivity contribution in [1.29, 1.82) is 0 Å². The van der Waals surface area contributed by atoms with E-state index in [1.54, 1.807) is 6.20 Å². The molecule has 10 heteroatoms. The normalized spacial score (nSPS) is 26.6. The highest BCUT2D eigenvalue weighted by Gasteiger charge is 2.33. The number of ether oxygens (including phenoxy) is 1. The molecule has 3 aliphatic rings. The Morgan fingerprint density at radius 2 is 1.71 bits per heavy atom. The highest BCUT2D eigenvalue weighted by Crippen LogP contribution is 2.37. The fourth-order valence-corrected chi connectivity index (χ4v) is 5.30. The second kappa shape index (κ2) is 10.5. The second-order valence-corrected chi connectivity index (χ2v) is 9.64. The molecule has 3 heterocycles. The molecule has 3 N–H and O–H groups in total. The Labute approximate surface area is 202 Å². The summed E-state index contributed by atoms with van der Waals surface area (Å²) in [5.41, 5.74) is 0.931. The Kier molecular flexibility index (Phi) is 7.19. The molecule has 0 radical (unpaired) electrons. The minimum absolute atomic E-state index is 0.118. The van der Waals surface area contributed by atoms with Crippen LogP contribution in [-0.2, 0) is 11.2 Å². The van der Waals surface area contributed by atoms with Crippen molar-refractivity contribution in [2.75, 3.05) is 23.8 Å². The van der Waals surface area contributed by atoms with Crippen LogP contribution in [-0.4, -0.2) is 46.3 Å². The van der Waals surface area contributed by atoms with Crippen LogP contribution in [0, 0.1) is 29.3 Å². The van der Waals surface area contributed by atoms with Crippen molar-refractivity contribution < 1.29 is 23.0 Å². The van der Waals surface area contributed by atoms with Gasteiger partial charge in [-0.15, -0.1) is 0 Å². The Morgan fingerprint density at radius 3 is 2.43 bits per heavy atom. The molecule has 1 aliphatic carbocycles. The summed E-state index contributed by atoms with van der Waals surface area (Å²) in [6.45, 7) is 1.41. The van der Waals surface area contributed by atoms with Crippen molar-refractivity contribution in [3.63, 3.8) is 0 Å². The maximum atomic E-state index is 14.5. The van der Waals surface area contributed by atoms with E-state index in [1.807, 2.05) is 0 Å². The fraction of sp³-hybridized carbons (Fsp3) is 0.560. The summed E-state index contributed by atoms with van der Waals surface area (Å²) in [7, 11) is 0. The van der Waals surface area contributed by atoms with E-state index >= 15 is 0 Å². The summed E-state index contributed by atoms with van der Waals surface area (Å²) in [6, 6.07) is 1.52. The first kappa shape index (κ1) is 24.0. The van der Waals surface area contributed by atoms with E-state index in [9.17, 15) is 18.3 Å². The number of aryl methyl sites for hydroxylation is 1. The molecule has 2 aromatic rings. The van der Waals surface area contributed by atoms with Crippen LogP contribution >= 0.6 is 0 Å². The fourth-order valence-electron chi connectivity index (χ4n) is 5.30. The first-order chi connectivity index (χ1) is 17.0. The van der Waals surface area contributed by atoms with Crippen LogP contribution in [0.2, 0.25) is 0 Å².